The molecule has 0 aliphatic carbocycles. The van der Waals surface area contributed by atoms with E-state index in [1.807, 2.05) is 0 Å². The summed E-state index contributed by atoms with van der Waals surface area (Å²) >= 11 is 1.22. The van der Waals surface area contributed by atoms with E-state index in [-0.39, 0.29) is 28.8 Å². The van der Waals surface area contributed by atoms with Crippen LogP contribution in [-0.4, -0.2) is 51.6 Å². The molecule has 0 amide bonds. The summed E-state index contributed by atoms with van der Waals surface area (Å²) < 4.78 is 5.64. The van der Waals surface area contributed by atoms with Crippen LogP contribution in [0.4, 0.5) is 5.82 Å². The predicted octanol–water partition coefficient (Wildman–Crippen LogP) is -0.659. The summed E-state index contributed by atoms with van der Waals surface area (Å²) in [6, 6.07) is 0. The van der Waals surface area contributed by atoms with Crippen LogP contribution in [0, 0.1) is 0 Å². The molecule has 0 saturated heterocycles. The maximum atomic E-state index is 11.2. The van der Waals surface area contributed by atoms with Crippen LogP contribution in [0.15, 0.2) is 16.1 Å². The smallest absolute Gasteiger partial charge is 0.358 e. The predicted molar refractivity (Wildman–Crippen MR) is 66.5 cm³/mol. The lowest BCUT2D eigenvalue weighted by Gasteiger charge is -2.02. The number of carbonyl (C=O) groups is 1. The molecule has 3 rings (SSSR count). The number of anilines is 1. The maximum absolute atomic E-state index is 11.2. The van der Waals surface area contributed by atoms with Crippen molar-refractivity contribution in [1.29, 1.82) is 0 Å². The summed E-state index contributed by atoms with van der Waals surface area (Å²) in [7, 11) is 0. The summed E-state index contributed by atoms with van der Waals surface area (Å²) in [6.45, 7) is 0. The van der Waals surface area contributed by atoms with Crippen LogP contribution >= 0.6 is 11.8 Å². The highest BCUT2D eigenvalue weighted by Crippen LogP contribution is 2.23. The zero-order valence-electron chi connectivity index (χ0n) is 10.2. The fourth-order valence-electron chi connectivity index (χ4n) is 1.51. The highest BCUT2D eigenvalue weighted by atomic mass is 32.2. The molecule has 3 aromatic heterocycles. The lowest BCUT2D eigenvalue weighted by Crippen LogP contribution is -2.08. The van der Waals surface area contributed by atoms with E-state index in [2.05, 4.69) is 40.4 Å². The number of rotatable bonds is 5. The lowest BCUT2D eigenvalue weighted by atomic mass is 10.3. The third-order valence-electron chi connectivity index (χ3n) is 2.40. The van der Waals surface area contributed by atoms with Gasteiger partial charge in [-0.05, 0) is 10.3 Å². The van der Waals surface area contributed by atoms with E-state index in [1.165, 1.54) is 22.8 Å². The van der Waals surface area contributed by atoms with E-state index in [4.69, 9.17) is 10.8 Å². The zero-order chi connectivity index (χ0) is 14.8. The summed E-state index contributed by atoms with van der Waals surface area (Å²) in [4.78, 5) is 15.1. The summed E-state index contributed by atoms with van der Waals surface area (Å²) in [5.74, 6) is -0.966. The topological polar surface area (TPSA) is 175 Å². The number of aromatic nitrogens is 8. The molecule has 21 heavy (non-hydrogen) atoms. The molecule has 0 unspecified atom stereocenters. The van der Waals surface area contributed by atoms with Crippen LogP contribution in [0.25, 0.3) is 5.82 Å². The van der Waals surface area contributed by atoms with Gasteiger partial charge in [0.05, 0.1) is 5.69 Å². The van der Waals surface area contributed by atoms with E-state index in [1.54, 1.807) is 0 Å². The fourth-order valence-corrected chi connectivity index (χ4v) is 2.28. The average molecular weight is 309 g/mol. The number of nitrogens with two attached hydrogens (primary N) is 1. The van der Waals surface area contributed by atoms with Crippen molar-refractivity contribution < 1.29 is 14.5 Å². The molecule has 12 nitrogen and oxygen atoms in total. The molecule has 0 radical (unpaired) electrons. The number of hydrogen-bond donors (Lipinski definition) is 3. The number of thioether (sulfide) groups is 1. The Kier molecular flexibility index (Phi) is 3.23. The third-order valence-corrected chi connectivity index (χ3v) is 3.29. The van der Waals surface area contributed by atoms with E-state index in [0.29, 0.717) is 5.16 Å². The minimum absolute atomic E-state index is 0.0252. The Bertz CT molecular complexity index is 764. The van der Waals surface area contributed by atoms with Gasteiger partial charge in [0.1, 0.15) is 6.33 Å². The Labute approximate surface area is 119 Å². The Hall–Kier alpha value is -2.96. The highest BCUT2D eigenvalue weighted by molar-refractivity contribution is 7.98. The molecule has 0 atom stereocenters. The van der Waals surface area contributed by atoms with Gasteiger partial charge in [-0.1, -0.05) is 17.0 Å². The molecule has 3 heterocycles. The minimum atomic E-state index is -1.22. The van der Waals surface area contributed by atoms with Crippen LogP contribution in [0.2, 0.25) is 0 Å². The third kappa shape index (κ3) is 2.40. The van der Waals surface area contributed by atoms with Gasteiger partial charge in [-0.25, -0.2) is 14.4 Å². The van der Waals surface area contributed by atoms with Gasteiger partial charge in [0, 0.05) is 5.75 Å². The van der Waals surface area contributed by atoms with Gasteiger partial charge in [0.15, 0.2) is 10.9 Å². The van der Waals surface area contributed by atoms with Crippen molar-refractivity contribution in [3.63, 3.8) is 0 Å². The van der Waals surface area contributed by atoms with Gasteiger partial charge in [0.25, 0.3) is 0 Å². The summed E-state index contributed by atoms with van der Waals surface area (Å²) in [5.41, 5.74) is 5.63. The first-order chi connectivity index (χ1) is 10.2. The van der Waals surface area contributed by atoms with Crippen LogP contribution < -0.4 is 5.73 Å². The van der Waals surface area contributed by atoms with Crippen molar-refractivity contribution in [2.45, 2.75) is 10.9 Å². The van der Waals surface area contributed by atoms with E-state index in [9.17, 15) is 4.79 Å². The van der Waals surface area contributed by atoms with Gasteiger partial charge in [-0.15, -0.1) is 5.10 Å². The zero-order valence-corrected chi connectivity index (χ0v) is 11.0. The molecule has 0 aromatic carbocycles. The van der Waals surface area contributed by atoms with Crippen LogP contribution in [-0.2, 0) is 5.75 Å². The molecule has 0 aliphatic rings. The van der Waals surface area contributed by atoms with Gasteiger partial charge >= 0.3 is 5.97 Å². The van der Waals surface area contributed by atoms with Crippen molar-refractivity contribution in [2.24, 2.45) is 0 Å². The molecule has 0 bridgehead atoms. The molecule has 0 spiro atoms. The second-order valence-corrected chi connectivity index (χ2v) is 4.62. The number of hydrogen-bond acceptors (Lipinski definition) is 10. The summed E-state index contributed by atoms with van der Waals surface area (Å²) in [5, 5.41) is 30.3. The number of carboxylic acids is 1. The molecule has 108 valence electrons. The van der Waals surface area contributed by atoms with Gasteiger partial charge < -0.3 is 10.8 Å². The average Bonchev–Trinajstić information content (AvgIpc) is 3.15. The van der Waals surface area contributed by atoms with Crippen LogP contribution in [0.1, 0.15) is 16.2 Å². The molecule has 0 aliphatic heterocycles. The van der Waals surface area contributed by atoms with Crippen LogP contribution in [0.5, 0.6) is 0 Å². The van der Waals surface area contributed by atoms with E-state index in [0.717, 1.165) is 0 Å². The van der Waals surface area contributed by atoms with E-state index < -0.39 is 5.97 Å². The fraction of sp³-hybridized carbons (Fsp3) is 0.125. The first-order valence-electron chi connectivity index (χ1n) is 5.41. The standard InChI is InChI=1S/C8H7N9O3S/c9-5-6(15-20-14-5)17-3(4(7(18)19)12-16-17)1-21-8-10-2-11-13-8/h2H,1H2,(H2,9,14)(H,18,19)(H,10,11,13). The van der Waals surface area contributed by atoms with Crippen molar-refractivity contribution in [3.8, 4) is 5.82 Å². The van der Waals surface area contributed by atoms with Gasteiger partial charge in [-0.3, -0.25) is 5.10 Å². The number of carboxylic acid groups (broad SMARTS) is 1. The monoisotopic (exact) mass is 309 g/mol. The van der Waals surface area contributed by atoms with Crippen LogP contribution in [0.3, 0.4) is 0 Å². The Morgan fingerprint density at radius 3 is 3.00 bits per heavy atom. The number of aromatic carboxylic acids is 1. The van der Waals surface area contributed by atoms with Crippen molar-refractivity contribution in [1.82, 2.24) is 40.5 Å². The number of aromatic amines is 1. The highest BCUT2D eigenvalue weighted by Gasteiger charge is 2.23. The lowest BCUT2D eigenvalue weighted by molar-refractivity contribution is 0.0689. The number of nitrogens with one attached hydrogen (secondary N) is 1. The van der Waals surface area contributed by atoms with Gasteiger partial charge in [-0.2, -0.15) is 9.78 Å². The SMILES string of the molecule is Nc1nonc1-n1nnc(C(=O)O)c1CSc1ncn[nH]1. The minimum Gasteiger partial charge on any atom is -0.476 e. The normalized spacial score (nSPS) is 10.9. The van der Waals surface area contributed by atoms with Crippen molar-refractivity contribution in [2.75, 3.05) is 5.73 Å². The number of nitrogen functional groups attached to an aromatic ring is 1. The molecular formula is C8H7N9O3S. The van der Waals surface area contributed by atoms with Gasteiger partial charge in [0.2, 0.25) is 11.6 Å². The van der Waals surface area contributed by atoms with E-state index >= 15 is 0 Å². The molecule has 3 aromatic rings. The second kappa shape index (κ2) is 5.20. The molecule has 13 heteroatoms. The largest absolute Gasteiger partial charge is 0.476 e. The molecule has 0 fully saturated rings. The molecule has 0 saturated carbocycles. The number of H-pyrrole nitrogens is 1. The Morgan fingerprint density at radius 1 is 1.52 bits per heavy atom. The maximum Gasteiger partial charge on any atom is 0.358 e. The first-order valence-corrected chi connectivity index (χ1v) is 6.40. The molecular weight excluding hydrogens is 302 g/mol. The van der Waals surface area contributed by atoms with Crippen molar-refractivity contribution in [3.05, 3.63) is 17.7 Å². The Morgan fingerprint density at radius 2 is 2.38 bits per heavy atom. The number of nitrogens with zero attached hydrogens (tertiary/aromatic N) is 7. The van der Waals surface area contributed by atoms with Crippen molar-refractivity contribution >= 4 is 23.5 Å². The Balaban J connectivity index is 1.97. The second-order valence-electron chi connectivity index (χ2n) is 3.65. The quantitative estimate of drug-likeness (QED) is 0.510. The first kappa shape index (κ1) is 13.0. The molecule has 4 N–H and O–H groups in total. The summed E-state index contributed by atoms with van der Waals surface area (Å²) in [6.07, 6.45) is 1.34.